The van der Waals surface area contributed by atoms with E-state index in [2.05, 4.69) is 26.6 Å². The molecule has 2 N–H and O–H groups in total. The Morgan fingerprint density at radius 3 is 1.97 bits per heavy atom. The van der Waals surface area contributed by atoms with Gasteiger partial charge in [-0.3, -0.25) is 9.59 Å². The van der Waals surface area contributed by atoms with E-state index in [4.69, 9.17) is 9.47 Å². The molecule has 0 radical (unpaired) electrons. The number of esters is 1. The van der Waals surface area contributed by atoms with Gasteiger partial charge >= 0.3 is 5.97 Å². The van der Waals surface area contributed by atoms with Crippen LogP contribution in [0.4, 0.5) is 11.4 Å². The van der Waals surface area contributed by atoms with Crippen molar-refractivity contribution in [2.24, 2.45) is 0 Å². The average molecular weight is 497 g/mol. The zero-order chi connectivity index (χ0) is 22.9. The monoisotopic (exact) mass is 496 g/mol. The zero-order valence-corrected chi connectivity index (χ0v) is 18.8. The number of ether oxygens (including phenoxy) is 2. The smallest absolute Gasteiger partial charge is 0.338 e. The Labute approximate surface area is 193 Å². The first kappa shape index (κ1) is 23.0. The summed E-state index contributed by atoms with van der Waals surface area (Å²) >= 11 is 3.29. The van der Waals surface area contributed by atoms with Crippen LogP contribution < -0.4 is 15.4 Å². The summed E-state index contributed by atoms with van der Waals surface area (Å²) in [6.07, 6.45) is 0. The molecule has 0 spiro atoms. The van der Waals surface area contributed by atoms with E-state index in [1.807, 2.05) is 6.92 Å². The molecule has 0 saturated heterocycles. The molecule has 32 heavy (non-hydrogen) atoms. The van der Waals surface area contributed by atoms with Crippen LogP contribution in [-0.4, -0.2) is 31.0 Å². The van der Waals surface area contributed by atoms with Crippen molar-refractivity contribution in [1.29, 1.82) is 0 Å². The number of amides is 2. The lowest BCUT2D eigenvalue weighted by molar-refractivity contribution is -0.119. The summed E-state index contributed by atoms with van der Waals surface area (Å²) in [7, 11) is 0. The fourth-order valence-electron chi connectivity index (χ4n) is 2.71. The van der Waals surface area contributed by atoms with Crippen LogP contribution in [0.3, 0.4) is 0 Å². The third-order valence-corrected chi connectivity index (χ3v) is 4.80. The van der Waals surface area contributed by atoms with Gasteiger partial charge in [0.15, 0.2) is 6.61 Å². The first-order valence-corrected chi connectivity index (χ1v) is 10.6. The molecule has 0 aliphatic rings. The van der Waals surface area contributed by atoms with Crippen LogP contribution in [0.2, 0.25) is 0 Å². The molecular weight excluding hydrogens is 476 g/mol. The largest absolute Gasteiger partial charge is 0.494 e. The number of hydrogen-bond donors (Lipinski definition) is 2. The summed E-state index contributed by atoms with van der Waals surface area (Å²) in [6.45, 7) is 2.05. The molecule has 0 fully saturated rings. The van der Waals surface area contributed by atoms with Gasteiger partial charge in [0.25, 0.3) is 11.8 Å². The molecular formula is C24H21BrN2O5. The van der Waals surface area contributed by atoms with Gasteiger partial charge in [0, 0.05) is 21.4 Å². The molecule has 3 rings (SSSR count). The van der Waals surface area contributed by atoms with Crippen LogP contribution in [-0.2, 0) is 9.53 Å². The van der Waals surface area contributed by atoms with E-state index in [0.717, 1.165) is 10.2 Å². The van der Waals surface area contributed by atoms with E-state index in [1.165, 1.54) is 0 Å². The van der Waals surface area contributed by atoms with Gasteiger partial charge in [0.2, 0.25) is 0 Å². The molecule has 0 atom stereocenters. The lowest BCUT2D eigenvalue weighted by atomic mass is 10.2. The normalized spacial score (nSPS) is 10.2. The number of nitrogens with one attached hydrogen (secondary N) is 2. The lowest BCUT2D eigenvalue weighted by Gasteiger charge is -2.09. The Bertz CT molecular complexity index is 1080. The third-order valence-electron chi connectivity index (χ3n) is 4.27. The summed E-state index contributed by atoms with van der Waals surface area (Å²) in [6, 6.07) is 20.1. The topological polar surface area (TPSA) is 93.7 Å². The fraction of sp³-hybridized carbons (Fsp3) is 0.125. The predicted octanol–water partition coefficient (Wildman–Crippen LogP) is 4.90. The lowest BCUT2D eigenvalue weighted by Crippen LogP contribution is -2.21. The minimum absolute atomic E-state index is 0.282. The summed E-state index contributed by atoms with van der Waals surface area (Å²) < 4.78 is 11.2. The fourth-order valence-corrected chi connectivity index (χ4v) is 2.97. The van der Waals surface area contributed by atoms with Crippen molar-refractivity contribution in [2.75, 3.05) is 23.8 Å². The SMILES string of the molecule is CCOc1ccc(NC(=O)c2ccc(NC(=O)COC(=O)c3ccc(Br)cc3)cc2)cc1. The number of hydrogen-bond acceptors (Lipinski definition) is 5. The van der Waals surface area contributed by atoms with Gasteiger partial charge in [-0.1, -0.05) is 15.9 Å². The van der Waals surface area contributed by atoms with Gasteiger partial charge < -0.3 is 20.1 Å². The predicted molar refractivity (Wildman–Crippen MR) is 125 cm³/mol. The van der Waals surface area contributed by atoms with Crippen LogP contribution >= 0.6 is 15.9 Å². The maximum absolute atomic E-state index is 12.4. The van der Waals surface area contributed by atoms with Crippen LogP contribution in [0.15, 0.2) is 77.3 Å². The Morgan fingerprint density at radius 2 is 1.34 bits per heavy atom. The van der Waals surface area contributed by atoms with Crippen molar-refractivity contribution in [1.82, 2.24) is 0 Å². The molecule has 0 bridgehead atoms. The van der Waals surface area contributed by atoms with Gasteiger partial charge in [0.1, 0.15) is 5.75 Å². The summed E-state index contributed by atoms with van der Waals surface area (Å²) in [5, 5.41) is 5.42. The Hall–Kier alpha value is -3.65. The number of halogens is 1. The second-order valence-corrected chi connectivity index (χ2v) is 7.54. The highest BCUT2D eigenvalue weighted by molar-refractivity contribution is 9.10. The van der Waals surface area contributed by atoms with Gasteiger partial charge in [0.05, 0.1) is 12.2 Å². The van der Waals surface area contributed by atoms with Crippen molar-refractivity contribution in [3.8, 4) is 5.75 Å². The quantitative estimate of drug-likeness (QED) is 0.432. The number of anilines is 2. The number of carbonyl (C=O) groups is 3. The van der Waals surface area contributed by atoms with Gasteiger partial charge in [-0.25, -0.2) is 4.79 Å². The van der Waals surface area contributed by atoms with Crippen LogP contribution in [0.1, 0.15) is 27.6 Å². The van der Waals surface area contributed by atoms with Gasteiger partial charge in [-0.05, 0) is 79.7 Å². The van der Waals surface area contributed by atoms with Crippen LogP contribution in [0.25, 0.3) is 0 Å². The highest BCUT2D eigenvalue weighted by Crippen LogP contribution is 2.17. The standard InChI is InChI=1S/C24H21BrN2O5/c1-2-31-21-13-11-20(12-14-21)27-23(29)16-5-9-19(10-6-16)26-22(28)15-32-24(30)17-3-7-18(25)8-4-17/h3-14H,2,15H2,1H3,(H,26,28)(H,27,29). The molecule has 0 saturated carbocycles. The van der Waals surface area contributed by atoms with E-state index >= 15 is 0 Å². The van der Waals surface area contributed by atoms with Crippen LogP contribution in [0, 0.1) is 0 Å². The van der Waals surface area contributed by atoms with Crippen molar-refractivity contribution >= 4 is 45.1 Å². The number of carbonyl (C=O) groups excluding carboxylic acids is 3. The van der Waals surface area contributed by atoms with E-state index < -0.39 is 18.5 Å². The summed E-state index contributed by atoms with van der Waals surface area (Å²) in [4.78, 5) is 36.4. The minimum atomic E-state index is -0.589. The Morgan fingerprint density at radius 1 is 0.781 bits per heavy atom. The van der Waals surface area contributed by atoms with Crippen molar-refractivity contribution in [2.45, 2.75) is 6.92 Å². The number of benzene rings is 3. The zero-order valence-electron chi connectivity index (χ0n) is 17.3. The molecule has 3 aromatic rings. The highest BCUT2D eigenvalue weighted by atomic mass is 79.9. The molecule has 0 heterocycles. The average Bonchev–Trinajstić information content (AvgIpc) is 2.80. The molecule has 164 valence electrons. The highest BCUT2D eigenvalue weighted by Gasteiger charge is 2.11. The van der Waals surface area contributed by atoms with Gasteiger partial charge in [-0.15, -0.1) is 0 Å². The molecule has 2 amide bonds. The maximum Gasteiger partial charge on any atom is 0.338 e. The van der Waals surface area contributed by atoms with E-state index in [-0.39, 0.29) is 5.91 Å². The van der Waals surface area contributed by atoms with Crippen molar-refractivity contribution < 1.29 is 23.9 Å². The Kier molecular flexibility index (Phi) is 7.99. The first-order chi connectivity index (χ1) is 15.4. The van der Waals surface area contributed by atoms with Crippen molar-refractivity contribution in [3.05, 3.63) is 88.4 Å². The van der Waals surface area contributed by atoms with E-state index in [9.17, 15) is 14.4 Å². The Balaban J connectivity index is 1.49. The maximum atomic E-state index is 12.4. The van der Waals surface area contributed by atoms with Gasteiger partial charge in [-0.2, -0.15) is 0 Å². The molecule has 0 aliphatic heterocycles. The molecule has 8 heteroatoms. The van der Waals surface area contributed by atoms with E-state index in [1.54, 1.807) is 72.8 Å². The van der Waals surface area contributed by atoms with Crippen LogP contribution in [0.5, 0.6) is 5.75 Å². The molecule has 3 aromatic carbocycles. The first-order valence-electron chi connectivity index (χ1n) is 9.81. The van der Waals surface area contributed by atoms with Crippen molar-refractivity contribution in [3.63, 3.8) is 0 Å². The molecule has 0 aromatic heterocycles. The summed E-state index contributed by atoms with van der Waals surface area (Å²) in [5.74, 6) is -0.625. The minimum Gasteiger partial charge on any atom is -0.494 e. The third kappa shape index (κ3) is 6.68. The molecule has 0 aliphatic carbocycles. The molecule has 7 nitrogen and oxygen atoms in total. The second kappa shape index (κ2) is 11.1. The number of rotatable bonds is 8. The summed E-state index contributed by atoms with van der Waals surface area (Å²) in [5.41, 5.74) is 1.90. The van der Waals surface area contributed by atoms with E-state index in [0.29, 0.717) is 29.1 Å². The second-order valence-electron chi connectivity index (χ2n) is 6.62. The molecule has 0 unspecified atom stereocenters.